The predicted octanol–water partition coefficient (Wildman–Crippen LogP) is 16.7. The second-order valence-electron chi connectivity index (χ2n) is 17.7. The Kier molecular flexibility index (Phi) is 13.1. The van der Waals surface area contributed by atoms with E-state index in [1.807, 2.05) is 18.2 Å². The first-order valence-corrected chi connectivity index (χ1v) is 23.2. The van der Waals surface area contributed by atoms with Gasteiger partial charge in [0, 0.05) is 45.9 Å². The molecule has 0 fully saturated rings. The van der Waals surface area contributed by atoms with Crippen molar-refractivity contribution in [3.05, 3.63) is 281 Å². The Morgan fingerprint density at radius 1 is 0.544 bits per heavy atom. The number of hydrogen-bond donors (Lipinski definition) is 0. The van der Waals surface area contributed by atoms with Gasteiger partial charge in [-0.1, -0.05) is 196 Å². The number of hydrogen-bond acceptors (Lipinski definition) is 2. The molecule has 0 aromatic heterocycles. The zero-order chi connectivity index (χ0) is 47.0. The van der Waals surface area contributed by atoms with Gasteiger partial charge in [0.15, 0.2) is 0 Å². The predicted molar refractivity (Wildman–Crippen MR) is 290 cm³/mol. The van der Waals surface area contributed by atoms with Crippen molar-refractivity contribution in [3.8, 4) is 46.9 Å². The molecule has 0 radical (unpaired) electrons. The van der Waals surface area contributed by atoms with E-state index in [2.05, 4.69) is 262 Å². The lowest BCUT2D eigenvalue weighted by molar-refractivity contribution is 0.660. The number of terminal acetylenes is 2. The number of benzene rings is 7. The molecule has 7 aromatic carbocycles. The Bertz CT molecular complexity index is 3270. The van der Waals surface area contributed by atoms with E-state index in [4.69, 9.17) is 12.8 Å². The highest BCUT2D eigenvalue weighted by molar-refractivity contribution is 5.87. The van der Waals surface area contributed by atoms with E-state index in [1.165, 1.54) is 27.8 Å². The number of rotatable bonds is 12. The van der Waals surface area contributed by atoms with Crippen molar-refractivity contribution in [2.24, 2.45) is 0 Å². The van der Waals surface area contributed by atoms with Crippen LogP contribution >= 0.6 is 0 Å². The van der Waals surface area contributed by atoms with E-state index >= 15 is 0 Å². The Morgan fingerprint density at radius 2 is 1.12 bits per heavy atom. The lowest BCUT2D eigenvalue weighted by Gasteiger charge is -2.29. The summed E-state index contributed by atoms with van der Waals surface area (Å²) in [4.78, 5) is 4.52. The molecule has 0 atom stereocenters. The van der Waals surface area contributed by atoms with E-state index in [-0.39, 0.29) is 5.41 Å². The summed E-state index contributed by atoms with van der Waals surface area (Å²) in [5, 5.41) is 0. The van der Waals surface area contributed by atoms with Crippen molar-refractivity contribution in [3.63, 3.8) is 0 Å². The Labute approximate surface area is 403 Å². The van der Waals surface area contributed by atoms with Crippen molar-refractivity contribution in [2.75, 3.05) is 9.80 Å². The summed E-state index contributed by atoms with van der Waals surface area (Å²) in [6.45, 7) is 8.85. The van der Waals surface area contributed by atoms with E-state index in [1.54, 1.807) is 0 Å². The fraction of sp³-hybridized carbons (Fsp3) is 0.0909. The monoisotopic (exact) mass is 874 g/mol. The SMILES string of the molecule is C#CC(=C\C=C(/C)N(c1ccccc1)c1ccc(-c2ccccc2)cc1)/C(C)=C(/C=C(\C#C)N(C1=CC=C(c2ccccc2)C=CC1)c1ccc2c(c1)C(C)(C)c1ccccc1-2)c1ccccc1. The van der Waals surface area contributed by atoms with Crippen LogP contribution in [0.3, 0.4) is 0 Å². The van der Waals surface area contributed by atoms with Crippen LogP contribution in [0.4, 0.5) is 17.1 Å². The number of anilines is 3. The molecule has 2 heteroatoms. The zero-order valence-electron chi connectivity index (χ0n) is 39.2. The normalized spacial score (nSPS) is 14.5. The maximum atomic E-state index is 6.72. The molecule has 68 heavy (non-hydrogen) atoms. The smallest absolute Gasteiger partial charge is 0.0970 e. The Hall–Kier alpha value is -8.56. The van der Waals surface area contributed by atoms with E-state index in [0.717, 1.165) is 67.4 Å². The van der Waals surface area contributed by atoms with E-state index < -0.39 is 0 Å². The summed E-state index contributed by atoms with van der Waals surface area (Å²) < 4.78 is 0. The van der Waals surface area contributed by atoms with Gasteiger partial charge in [0.2, 0.25) is 0 Å². The molecule has 0 amide bonds. The van der Waals surface area contributed by atoms with Crippen molar-refractivity contribution >= 4 is 28.2 Å². The van der Waals surface area contributed by atoms with E-state index in [9.17, 15) is 0 Å². The molecule has 0 spiro atoms. The van der Waals surface area contributed by atoms with Gasteiger partial charge in [-0.05, 0) is 136 Å². The number of nitrogens with zero attached hydrogens (tertiary/aromatic N) is 2. The van der Waals surface area contributed by atoms with Gasteiger partial charge in [-0.2, -0.15) is 0 Å². The summed E-state index contributed by atoms with van der Waals surface area (Å²) in [6.07, 6.45) is 29.0. The second kappa shape index (κ2) is 19.9. The average Bonchev–Trinajstić information content (AvgIpc) is 3.50. The maximum absolute atomic E-state index is 6.72. The van der Waals surface area contributed by atoms with Crippen LogP contribution in [0.2, 0.25) is 0 Å². The molecule has 2 aliphatic rings. The molecule has 0 bridgehead atoms. The lowest BCUT2D eigenvalue weighted by Crippen LogP contribution is -2.22. The largest absolute Gasteiger partial charge is 0.315 e. The fourth-order valence-corrected chi connectivity index (χ4v) is 9.50. The van der Waals surface area contributed by atoms with Gasteiger partial charge < -0.3 is 9.80 Å². The number of fused-ring (bicyclic) bond motifs is 3. The van der Waals surface area contributed by atoms with E-state index in [0.29, 0.717) is 12.1 Å². The topological polar surface area (TPSA) is 6.48 Å². The fourth-order valence-electron chi connectivity index (χ4n) is 9.50. The Balaban J connectivity index is 1.17. The molecule has 2 nitrogen and oxygen atoms in total. The molecule has 7 aromatic rings. The summed E-state index contributed by atoms with van der Waals surface area (Å²) >= 11 is 0. The third kappa shape index (κ3) is 9.15. The molecular weight excluding hydrogens is 821 g/mol. The molecule has 0 heterocycles. The summed E-state index contributed by atoms with van der Waals surface area (Å²) in [5.41, 5.74) is 19.1. The summed E-state index contributed by atoms with van der Waals surface area (Å²) in [7, 11) is 0. The first kappa shape index (κ1) is 44.6. The molecule has 0 unspecified atom stereocenters. The Morgan fingerprint density at radius 3 is 1.79 bits per heavy atom. The first-order valence-electron chi connectivity index (χ1n) is 23.2. The van der Waals surface area contributed by atoms with Crippen molar-refractivity contribution in [2.45, 2.75) is 39.5 Å². The highest BCUT2D eigenvalue weighted by Crippen LogP contribution is 2.50. The molecule has 0 saturated heterocycles. The lowest BCUT2D eigenvalue weighted by atomic mass is 9.82. The minimum Gasteiger partial charge on any atom is -0.315 e. The highest BCUT2D eigenvalue weighted by atomic mass is 15.2. The minimum absolute atomic E-state index is 0.197. The highest BCUT2D eigenvalue weighted by Gasteiger charge is 2.36. The minimum atomic E-state index is -0.197. The molecular formula is C66H54N2. The van der Waals surface area contributed by atoms with Crippen molar-refractivity contribution in [1.29, 1.82) is 0 Å². The average molecular weight is 875 g/mol. The van der Waals surface area contributed by atoms with Crippen LogP contribution in [-0.4, -0.2) is 0 Å². The quantitative estimate of drug-likeness (QED) is 0.0891. The van der Waals surface area contributed by atoms with Crippen LogP contribution in [0, 0.1) is 24.7 Å². The maximum Gasteiger partial charge on any atom is 0.0970 e. The van der Waals surface area contributed by atoms with Crippen LogP contribution in [0.15, 0.2) is 259 Å². The van der Waals surface area contributed by atoms with Gasteiger partial charge in [-0.15, -0.1) is 12.8 Å². The van der Waals surface area contributed by atoms with Crippen LogP contribution in [0.1, 0.15) is 56.4 Å². The van der Waals surface area contributed by atoms with Crippen molar-refractivity contribution in [1.82, 2.24) is 0 Å². The third-order valence-electron chi connectivity index (χ3n) is 13.1. The summed E-state index contributed by atoms with van der Waals surface area (Å²) in [6, 6.07) is 66.1. The van der Waals surface area contributed by atoms with Crippen LogP contribution in [0.25, 0.3) is 33.4 Å². The summed E-state index contributed by atoms with van der Waals surface area (Å²) in [5.74, 6) is 6.23. The standard InChI is InChI=1S/C66H54N2/c1-7-50(37-36-48(3)67(57-31-19-12-20-32-57)59-42-39-54(40-43-59)52-26-15-10-16-27-52)49(4)63(55-28-17-11-18-29-55)46-56(8-2)68(58-33-23-30-53(38-41-58)51-24-13-9-14-25-51)60-44-45-62-61-34-21-22-35-64(61)66(5,6)65(62)47-60/h1-2,9-32,34-47H,33H2,3-6H3/b48-36+,50-37+,56-46+,63-49-. The molecule has 2 aliphatic carbocycles. The van der Waals surface area contributed by atoms with Crippen LogP contribution in [0.5, 0.6) is 0 Å². The van der Waals surface area contributed by atoms with Gasteiger partial charge in [0.25, 0.3) is 0 Å². The molecule has 0 N–H and O–H groups in total. The number of para-hydroxylation sites is 1. The van der Waals surface area contributed by atoms with Gasteiger partial charge in [0.05, 0.1) is 5.70 Å². The first-order chi connectivity index (χ1) is 33.2. The third-order valence-corrected chi connectivity index (χ3v) is 13.1. The van der Waals surface area contributed by atoms with Crippen LogP contribution < -0.4 is 9.80 Å². The second-order valence-corrected chi connectivity index (χ2v) is 17.7. The van der Waals surface area contributed by atoms with Gasteiger partial charge in [0.1, 0.15) is 0 Å². The molecule has 0 saturated carbocycles. The van der Waals surface area contributed by atoms with Crippen molar-refractivity contribution < 1.29 is 0 Å². The molecule has 328 valence electrons. The van der Waals surface area contributed by atoms with Crippen LogP contribution in [-0.2, 0) is 5.41 Å². The van der Waals surface area contributed by atoms with Gasteiger partial charge >= 0.3 is 0 Å². The molecule has 9 rings (SSSR count). The van der Waals surface area contributed by atoms with Gasteiger partial charge in [-0.25, -0.2) is 0 Å². The van der Waals surface area contributed by atoms with Gasteiger partial charge in [-0.3, -0.25) is 0 Å². The molecule has 0 aliphatic heterocycles. The zero-order valence-corrected chi connectivity index (χ0v) is 39.2. The number of allylic oxidation sites excluding steroid dienone is 13.